The lowest BCUT2D eigenvalue weighted by Crippen LogP contribution is -2.16. The maximum atomic E-state index is 6.86. The molecule has 0 amide bonds. The van der Waals surface area contributed by atoms with Crippen molar-refractivity contribution in [1.82, 2.24) is 0 Å². The first-order chi connectivity index (χ1) is 22.3. The van der Waals surface area contributed by atoms with E-state index >= 15 is 0 Å². The van der Waals surface area contributed by atoms with Crippen LogP contribution >= 0.6 is 0 Å². The molecule has 0 fully saturated rings. The van der Waals surface area contributed by atoms with Gasteiger partial charge < -0.3 is 4.74 Å². The molecule has 0 saturated carbocycles. The molecule has 0 bridgehead atoms. The monoisotopic (exact) mass is 578 g/mol. The van der Waals surface area contributed by atoms with Gasteiger partial charge in [-0.05, 0) is 117 Å². The number of hydrogen-bond acceptors (Lipinski definition) is 1. The smallest absolute Gasteiger partial charge is 0.142 e. The molecule has 1 heterocycles. The fourth-order valence-corrected chi connectivity index (χ4v) is 8.70. The Morgan fingerprint density at radius 3 is 2.49 bits per heavy atom. The third kappa shape index (κ3) is 3.93. The van der Waals surface area contributed by atoms with Gasteiger partial charge in [-0.25, -0.2) is 0 Å². The highest BCUT2D eigenvalue weighted by Gasteiger charge is 2.30. The third-order valence-corrected chi connectivity index (χ3v) is 10.9. The lowest BCUT2D eigenvalue weighted by atomic mass is 9.72. The van der Waals surface area contributed by atoms with E-state index in [0.717, 1.165) is 30.8 Å². The highest BCUT2D eigenvalue weighted by atomic mass is 16.5. The van der Waals surface area contributed by atoms with E-state index in [-0.39, 0.29) is 0 Å². The summed E-state index contributed by atoms with van der Waals surface area (Å²) >= 11 is 0. The SMILES string of the molecule is C1=CC2=C(C=C(C3=CC4=C(CC3)C3=CC=C(c5cccc6c5Oc5cc7ccccc7c7cccc-6c57)CC3C=C4)CC2)CC1. The zero-order valence-corrected chi connectivity index (χ0v) is 25.4. The predicted molar refractivity (Wildman–Crippen MR) is 187 cm³/mol. The van der Waals surface area contributed by atoms with Crippen LogP contribution in [0.2, 0.25) is 0 Å². The molecule has 4 aromatic carbocycles. The minimum Gasteiger partial charge on any atom is -0.455 e. The summed E-state index contributed by atoms with van der Waals surface area (Å²) in [4.78, 5) is 0. The van der Waals surface area contributed by atoms with E-state index in [1.165, 1.54) is 80.6 Å². The average molecular weight is 579 g/mol. The Labute approximate surface area is 264 Å². The van der Waals surface area contributed by atoms with Gasteiger partial charge in [0.25, 0.3) is 0 Å². The second-order valence-electron chi connectivity index (χ2n) is 13.4. The third-order valence-electron chi connectivity index (χ3n) is 10.9. The average Bonchev–Trinajstić information content (AvgIpc) is 3.11. The van der Waals surface area contributed by atoms with E-state index in [2.05, 4.69) is 115 Å². The van der Waals surface area contributed by atoms with Crippen LogP contribution in [0, 0.1) is 5.92 Å². The van der Waals surface area contributed by atoms with Crippen LogP contribution in [-0.4, -0.2) is 0 Å². The van der Waals surface area contributed by atoms with E-state index < -0.39 is 0 Å². The molecule has 1 atom stereocenters. The van der Waals surface area contributed by atoms with E-state index in [1.807, 2.05) is 0 Å². The van der Waals surface area contributed by atoms with Crippen LogP contribution in [0.15, 0.2) is 154 Å². The molecule has 0 spiro atoms. The van der Waals surface area contributed by atoms with E-state index in [4.69, 9.17) is 4.74 Å². The van der Waals surface area contributed by atoms with E-state index in [9.17, 15) is 0 Å². The largest absolute Gasteiger partial charge is 0.455 e. The maximum absolute atomic E-state index is 6.86. The number of ether oxygens (including phenoxy) is 1. The van der Waals surface area contributed by atoms with Crippen molar-refractivity contribution in [2.45, 2.75) is 44.9 Å². The van der Waals surface area contributed by atoms with Crippen molar-refractivity contribution in [3.63, 3.8) is 0 Å². The first-order valence-electron chi connectivity index (χ1n) is 16.7. The first-order valence-corrected chi connectivity index (χ1v) is 16.7. The number of para-hydroxylation sites is 1. The predicted octanol–water partition coefficient (Wildman–Crippen LogP) is 12.0. The van der Waals surface area contributed by atoms with E-state index in [0.29, 0.717) is 5.92 Å². The molecule has 0 saturated heterocycles. The molecule has 45 heavy (non-hydrogen) atoms. The topological polar surface area (TPSA) is 9.23 Å². The normalized spacial score (nSPS) is 21.3. The standard InChI is InChI=1S/C44H34O/c1-2-8-28-23-29(16-15-27(28)7-1)30-19-21-36-32(24-30)17-18-33-25-34(20-22-37(33)36)38-11-5-14-41-40-13-6-12-39-35-10-4-3-9-31(35)26-42(43(39)40)45-44(38)41/h1,3-7,9-14,17-18,20,22-24,26,33H,2,8,15-16,19,21,25H2. The summed E-state index contributed by atoms with van der Waals surface area (Å²) in [5.74, 6) is 2.37. The van der Waals surface area contributed by atoms with Crippen LogP contribution in [-0.2, 0) is 0 Å². The molecule has 5 aliphatic carbocycles. The van der Waals surface area contributed by atoms with Gasteiger partial charge in [0.2, 0.25) is 0 Å². The fraction of sp³-hybridized carbons (Fsp3) is 0.182. The van der Waals surface area contributed by atoms with Crippen LogP contribution in [0.25, 0.3) is 38.2 Å². The van der Waals surface area contributed by atoms with E-state index in [1.54, 1.807) is 27.9 Å². The Morgan fingerprint density at radius 2 is 1.49 bits per heavy atom. The summed E-state index contributed by atoms with van der Waals surface area (Å²) in [7, 11) is 0. The number of hydrogen-bond donors (Lipinski definition) is 0. The fourth-order valence-electron chi connectivity index (χ4n) is 8.70. The summed E-state index contributed by atoms with van der Waals surface area (Å²) < 4.78 is 6.86. The van der Waals surface area contributed by atoms with Crippen molar-refractivity contribution in [3.8, 4) is 22.6 Å². The lowest BCUT2D eigenvalue weighted by Gasteiger charge is -2.33. The van der Waals surface area contributed by atoms with Crippen LogP contribution in [0.1, 0.15) is 50.5 Å². The number of allylic oxidation sites excluding steroid dienone is 16. The van der Waals surface area contributed by atoms with Crippen LogP contribution in [0.5, 0.6) is 11.5 Å². The van der Waals surface area contributed by atoms with Gasteiger partial charge in [-0.15, -0.1) is 0 Å². The molecule has 0 N–H and O–H groups in total. The molecule has 1 unspecified atom stereocenters. The van der Waals surface area contributed by atoms with Crippen LogP contribution in [0.3, 0.4) is 0 Å². The Bertz CT molecular complexity index is 2250. The van der Waals surface area contributed by atoms with Crippen molar-refractivity contribution < 1.29 is 4.74 Å². The van der Waals surface area contributed by atoms with Crippen molar-refractivity contribution in [2.75, 3.05) is 0 Å². The van der Waals surface area contributed by atoms with Crippen molar-refractivity contribution in [1.29, 1.82) is 0 Å². The lowest BCUT2D eigenvalue weighted by molar-refractivity contribution is 0.485. The number of fused-ring (bicyclic) bond motifs is 6. The zero-order valence-electron chi connectivity index (χ0n) is 25.4. The Hall–Kier alpha value is -4.88. The van der Waals surface area contributed by atoms with Gasteiger partial charge in [0.05, 0.1) is 0 Å². The molecule has 4 aromatic rings. The molecule has 0 aromatic heterocycles. The van der Waals surface area contributed by atoms with Crippen LogP contribution in [0.4, 0.5) is 0 Å². The Morgan fingerprint density at radius 1 is 0.644 bits per heavy atom. The van der Waals surface area contributed by atoms with Crippen molar-refractivity contribution >= 4 is 27.1 Å². The van der Waals surface area contributed by atoms with Crippen LogP contribution < -0.4 is 4.74 Å². The molecule has 1 aliphatic heterocycles. The molecule has 6 aliphatic rings. The summed E-state index contributed by atoms with van der Waals surface area (Å²) in [6.45, 7) is 0. The summed E-state index contributed by atoms with van der Waals surface area (Å²) in [5.41, 5.74) is 15.8. The van der Waals surface area contributed by atoms with Gasteiger partial charge in [-0.2, -0.15) is 0 Å². The Kier molecular flexibility index (Phi) is 5.55. The van der Waals surface area contributed by atoms with Crippen molar-refractivity contribution in [2.24, 2.45) is 5.92 Å². The summed E-state index contributed by atoms with van der Waals surface area (Å²) in [6.07, 6.45) is 27.4. The number of benzene rings is 4. The first kappa shape index (κ1) is 25.4. The maximum Gasteiger partial charge on any atom is 0.142 e. The summed E-state index contributed by atoms with van der Waals surface area (Å²) in [6, 6.07) is 24.2. The van der Waals surface area contributed by atoms with Gasteiger partial charge in [0.1, 0.15) is 11.5 Å². The van der Waals surface area contributed by atoms with Gasteiger partial charge in [0, 0.05) is 22.4 Å². The van der Waals surface area contributed by atoms with Crippen molar-refractivity contribution in [3.05, 3.63) is 160 Å². The Balaban J connectivity index is 1.02. The highest BCUT2D eigenvalue weighted by Crippen LogP contribution is 2.53. The summed E-state index contributed by atoms with van der Waals surface area (Å²) in [5, 5.41) is 4.98. The molecule has 1 nitrogen and oxygen atoms in total. The number of rotatable bonds is 2. The van der Waals surface area contributed by atoms with Gasteiger partial charge >= 0.3 is 0 Å². The highest BCUT2D eigenvalue weighted by molar-refractivity contribution is 6.16. The second-order valence-corrected chi connectivity index (χ2v) is 13.4. The van der Waals surface area contributed by atoms with Gasteiger partial charge in [-0.3, -0.25) is 0 Å². The molecule has 1 heteroatoms. The van der Waals surface area contributed by atoms with Gasteiger partial charge in [-0.1, -0.05) is 109 Å². The molecule has 216 valence electrons. The second kappa shape index (κ2) is 9.81. The molecular formula is C44H34O. The zero-order chi connectivity index (χ0) is 29.5. The quantitative estimate of drug-likeness (QED) is 0.189. The molecule has 10 rings (SSSR count). The minimum atomic E-state index is 0.411. The minimum absolute atomic E-state index is 0.411. The molecular weight excluding hydrogens is 544 g/mol. The van der Waals surface area contributed by atoms with Gasteiger partial charge in [0.15, 0.2) is 0 Å². The molecule has 0 radical (unpaired) electrons.